The van der Waals surface area contributed by atoms with Gasteiger partial charge in [-0.2, -0.15) is 0 Å². The maximum Gasteiger partial charge on any atom is 0.313 e. The van der Waals surface area contributed by atoms with Gasteiger partial charge in [0.1, 0.15) is 6.61 Å². The van der Waals surface area contributed by atoms with E-state index in [1.54, 1.807) is 31.2 Å². The number of anilines is 1. The highest BCUT2D eigenvalue weighted by molar-refractivity contribution is 5.78. The summed E-state index contributed by atoms with van der Waals surface area (Å²) in [5.41, 5.74) is 6.91. The smallest absolute Gasteiger partial charge is 0.313 e. The maximum atomic E-state index is 13.4. The van der Waals surface area contributed by atoms with E-state index in [4.69, 9.17) is 10.5 Å². The zero-order valence-electron chi connectivity index (χ0n) is 11.5. The first-order valence-corrected chi connectivity index (χ1v) is 6.44. The lowest BCUT2D eigenvalue weighted by Gasteiger charge is -2.12. The molecule has 0 radical (unpaired) electrons. The second-order valence-corrected chi connectivity index (χ2v) is 4.71. The van der Waals surface area contributed by atoms with Crippen molar-refractivity contribution in [3.05, 3.63) is 65.2 Å². The van der Waals surface area contributed by atoms with Crippen LogP contribution in [-0.4, -0.2) is 5.97 Å². The third-order valence-corrected chi connectivity index (χ3v) is 3.17. The number of rotatable bonds is 4. The normalized spacial score (nSPS) is 12.0. The van der Waals surface area contributed by atoms with Crippen LogP contribution in [0.5, 0.6) is 0 Å². The average Bonchev–Trinajstić information content (AvgIpc) is 2.47. The molecule has 2 aromatic carbocycles. The van der Waals surface area contributed by atoms with Crippen LogP contribution in [0.3, 0.4) is 0 Å². The minimum atomic E-state index is -0.998. The van der Waals surface area contributed by atoms with Crippen molar-refractivity contribution >= 4 is 11.7 Å². The van der Waals surface area contributed by atoms with Gasteiger partial charge in [0.25, 0.3) is 0 Å². The SMILES string of the molecule is CC(C(=O)OCc1cccc(F)c1F)c1cccc(N)c1. The van der Waals surface area contributed by atoms with Crippen molar-refractivity contribution in [2.75, 3.05) is 5.73 Å². The molecule has 5 heteroatoms. The predicted molar refractivity (Wildman–Crippen MR) is 75.4 cm³/mol. The van der Waals surface area contributed by atoms with E-state index in [1.807, 2.05) is 0 Å². The van der Waals surface area contributed by atoms with E-state index in [0.29, 0.717) is 11.3 Å². The van der Waals surface area contributed by atoms with Crippen molar-refractivity contribution in [1.82, 2.24) is 0 Å². The zero-order valence-corrected chi connectivity index (χ0v) is 11.5. The molecule has 0 aliphatic heterocycles. The molecule has 1 unspecified atom stereocenters. The molecule has 0 saturated carbocycles. The number of carbonyl (C=O) groups is 1. The summed E-state index contributed by atoms with van der Waals surface area (Å²) in [5.74, 6) is -3.02. The highest BCUT2D eigenvalue weighted by Gasteiger charge is 2.18. The second-order valence-electron chi connectivity index (χ2n) is 4.71. The van der Waals surface area contributed by atoms with E-state index < -0.39 is 23.5 Å². The summed E-state index contributed by atoms with van der Waals surface area (Å²) in [4.78, 5) is 11.9. The predicted octanol–water partition coefficient (Wildman–Crippen LogP) is 3.39. The molecule has 21 heavy (non-hydrogen) atoms. The maximum absolute atomic E-state index is 13.4. The number of hydrogen-bond donors (Lipinski definition) is 1. The zero-order chi connectivity index (χ0) is 15.4. The van der Waals surface area contributed by atoms with Gasteiger partial charge in [-0.1, -0.05) is 24.3 Å². The molecule has 0 heterocycles. The Morgan fingerprint density at radius 3 is 2.67 bits per heavy atom. The van der Waals surface area contributed by atoms with E-state index in [-0.39, 0.29) is 12.2 Å². The Labute approximate surface area is 121 Å². The van der Waals surface area contributed by atoms with Gasteiger partial charge in [-0.05, 0) is 30.7 Å². The van der Waals surface area contributed by atoms with Gasteiger partial charge in [-0.15, -0.1) is 0 Å². The Hall–Kier alpha value is -2.43. The van der Waals surface area contributed by atoms with E-state index in [1.165, 1.54) is 12.1 Å². The lowest BCUT2D eigenvalue weighted by atomic mass is 10.0. The average molecular weight is 291 g/mol. The van der Waals surface area contributed by atoms with Crippen molar-refractivity contribution in [3.63, 3.8) is 0 Å². The number of ether oxygens (including phenoxy) is 1. The largest absolute Gasteiger partial charge is 0.460 e. The molecular weight excluding hydrogens is 276 g/mol. The molecule has 0 aliphatic rings. The molecule has 0 aliphatic carbocycles. The van der Waals surface area contributed by atoms with Gasteiger partial charge in [0.05, 0.1) is 5.92 Å². The molecule has 0 amide bonds. The van der Waals surface area contributed by atoms with Gasteiger partial charge in [-0.3, -0.25) is 4.79 Å². The number of nitrogens with two attached hydrogens (primary N) is 1. The summed E-state index contributed by atoms with van der Waals surface area (Å²) in [6.45, 7) is 1.36. The number of benzene rings is 2. The molecule has 3 nitrogen and oxygen atoms in total. The Bertz CT molecular complexity index is 658. The highest BCUT2D eigenvalue weighted by atomic mass is 19.2. The molecule has 110 valence electrons. The summed E-state index contributed by atoms with van der Waals surface area (Å²) in [7, 11) is 0. The van der Waals surface area contributed by atoms with Crippen molar-refractivity contribution < 1.29 is 18.3 Å². The fourth-order valence-corrected chi connectivity index (χ4v) is 1.90. The second kappa shape index (κ2) is 6.35. The summed E-state index contributed by atoms with van der Waals surface area (Å²) in [5, 5.41) is 0. The van der Waals surface area contributed by atoms with Crippen LogP contribution in [0.4, 0.5) is 14.5 Å². The molecule has 1 atom stereocenters. The molecule has 2 aromatic rings. The topological polar surface area (TPSA) is 52.3 Å². The van der Waals surface area contributed by atoms with Crippen LogP contribution in [0.1, 0.15) is 24.0 Å². The van der Waals surface area contributed by atoms with Crippen LogP contribution in [0.25, 0.3) is 0 Å². The standard InChI is InChI=1S/C16H15F2NO2/c1-10(11-4-2-6-13(19)8-11)16(20)21-9-12-5-3-7-14(17)15(12)18/h2-8,10H,9,19H2,1H3. The van der Waals surface area contributed by atoms with Gasteiger partial charge >= 0.3 is 5.97 Å². The monoisotopic (exact) mass is 291 g/mol. The molecule has 2 N–H and O–H groups in total. The first-order chi connectivity index (χ1) is 9.99. The van der Waals surface area contributed by atoms with Gasteiger partial charge in [0.15, 0.2) is 11.6 Å². The summed E-state index contributed by atoms with van der Waals surface area (Å²) in [6.07, 6.45) is 0. The van der Waals surface area contributed by atoms with Crippen LogP contribution in [0.15, 0.2) is 42.5 Å². The Balaban J connectivity index is 2.03. The van der Waals surface area contributed by atoms with Crippen LogP contribution < -0.4 is 5.73 Å². The number of hydrogen-bond acceptors (Lipinski definition) is 3. The molecule has 0 saturated heterocycles. The number of nitrogen functional groups attached to an aromatic ring is 1. The van der Waals surface area contributed by atoms with Crippen molar-refractivity contribution in [2.24, 2.45) is 0 Å². The van der Waals surface area contributed by atoms with Gasteiger partial charge in [0, 0.05) is 11.3 Å². The number of carbonyl (C=O) groups excluding carboxylic acids is 1. The third kappa shape index (κ3) is 3.56. The first-order valence-electron chi connectivity index (χ1n) is 6.44. The Morgan fingerprint density at radius 2 is 1.95 bits per heavy atom. The van der Waals surface area contributed by atoms with E-state index >= 15 is 0 Å². The molecular formula is C16H15F2NO2. The van der Waals surface area contributed by atoms with Crippen LogP contribution >= 0.6 is 0 Å². The summed E-state index contributed by atoms with van der Waals surface area (Å²) in [6, 6.07) is 10.6. The lowest BCUT2D eigenvalue weighted by Crippen LogP contribution is -2.14. The van der Waals surface area contributed by atoms with E-state index in [0.717, 1.165) is 6.07 Å². The highest BCUT2D eigenvalue weighted by Crippen LogP contribution is 2.20. The third-order valence-electron chi connectivity index (χ3n) is 3.17. The van der Waals surface area contributed by atoms with Gasteiger partial charge in [0.2, 0.25) is 0 Å². The molecule has 0 aromatic heterocycles. The van der Waals surface area contributed by atoms with E-state index in [2.05, 4.69) is 0 Å². The molecule has 2 rings (SSSR count). The van der Waals surface area contributed by atoms with Gasteiger partial charge < -0.3 is 10.5 Å². The van der Waals surface area contributed by atoms with Gasteiger partial charge in [-0.25, -0.2) is 8.78 Å². The summed E-state index contributed by atoms with van der Waals surface area (Å²) < 4.78 is 31.5. The Morgan fingerprint density at radius 1 is 1.24 bits per heavy atom. The van der Waals surface area contributed by atoms with Crippen LogP contribution in [-0.2, 0) is 16.1 Å². The van der Waals surface area contributed by atoms with Crippen LogP contribution in [0, 0.1) is 11.6 Å². The van der Waals surface area contributed by atoms with Crippen molar-refractivity contribution in [2.45, 2.75) is 19.4 Å². The quantitative estimate of drug-likeness (QED) is 0.694. The molecule has 0 bridgehead atoms. The lowest BCUT2D eigenvalue weighted by molar-refractivity contribution is -0.146. The minimum absolute atomic E-state index is 0.00289. The number of esters is 1. The first kappa shape index (κ1) is 15.0. The van der Waals surface area contributed by atoms with E-state index in [9.17, 15) is 13.6 Å². The summed E-state index contributed by atoms with van der Waals surface area (Å²) >= 11 is 0. The number of halogens is 2. The fourth-order valence-electron chi connectivity index (χ4n) is 1.90. The Kier molecular flexibility index (Phi) is 4.52. The van der Waals surface area contributed by atoms with Crippen molar-refractivity contribution in [1.29, 1.82) is 0 Å². The van der Waals surface area contributed by atoms with Crippen LogP contribution in [0.2, 0.25) is 0 Å². The molecule has 0 spiro atoms. The fraction of sp³-hybridized carbons (Fsp3) is 0.188. The minimum Gasteiger partial charge on any atom is -0.460 e. The van der Waals surface area contributed by atoms with Crippen molar-refractivity contribution in [3.8, 4) is 0 Å². The molecule has 0 fully saturated rings.